The number of hydrogen-bond donors (Lipinski definition) is 2. The summed E-state index contributed by atoms with van der Waals surface area (Å²) in [5.74, 6) is -2.09. The molecule has 1 amide bonds. The molecular formula is C12H15N3O5. The minimum atomic E-state index is -1.12. The van der Waals surface area contributed by atoms with Crippen LogP contribution in [0, 0.1) is 0 Å². The Morgan fingerprint density at radius 1 is 1.50 bits per heavy atom. The number of carbonyl (C=O) groups is 3. The van der Waals surface area contributed by atoms with Crippen LogP contribution in [-0.4, -0.2) is 39.3 Å². The second-order valence-corrected chi connectivity index (χ2v) is 3.86. The minimum Gasteiger partial charge on any atom is -0.478 e. The first-order chi connectivity index (χ1) is 9.42. The van der Waals surface area contributed by atoms with Crippen LogP contribution in [-0.2, 0) is 20.9 Å². The number of nitrogens with zero attached hydrogens (tertiary/aromatic N) is 2. The fourth-order valence-corrected chi connectivity index (χ4v) is 1.36. The Morgan fingerprint density at radius 2 is 2.20 bits per heavy atom. The van der Waals surface area contributed by atoms with E-state index in [9.17, 15) is 14.4 Å². The lowest BCUT2D eigenvalue weighted by Crippen LogP contribution is -2.26. The molecule has 1 aromatic rings. The van der Waals surface area contributed by atoms with E-state index in [2.05, 4.69) is 10.4 Å². The molecule has 0 unspecified atom stereocenters. The second kappa shape index (κ2) is 7.07. The molecule has 0 aliphatic rings. The maximum atomic E-state index is 11.6. The molecule has 1 heterocycles. The van der Waals surface area contributed by atoms with Crippen molar-refractivity contribution < 1.29 is 24.2 Å². The van der Waals surface area contributed by atoms with E-state index < -0.39 is 17.8 Å². The summed E-state index contributed by atoms with van der Waals surface area (Å²) in [6, 6.07) is 0. The van der Waals surface area contributed by atoms with Gasteiger partial charge in [-0.1, -0.05) is 0 Å². The Morgan fingerprint density at radius 3 is 2.75 bits per heavy atom. The van der Waals surface area contributed by atoms with E-state index in [1.165, 1.54) is 10.9 Å². The first kappa shape index (κ1) is 15.4. The smallest absolute Gasteiger partial charge is 0.338 e. The Bertz CT molecular complexity index is 547. The van der Waals surface area contributed by atoms with E-state index in [0.717, 1.165) is 12.3 Å². The molecule has 0 aliphatic heterocycles. The molecule has 8 heteroatoms. The summed E-state index contributed by atoms with van der Waals surface area (Å²) in [4.78, 5) is 33.4. The molecule has 8 nitrogen and oxygen atoms in total. The Kier molecular flexibility index (Phi) is 5.45. The number of ether oxygens (including phenoxy) is 1. The Balaban J connectivity index is 2.54. The van der Waals surface area contributed by atoms with Crippen molar-refractivity contribution in [3.63, 3.8) is 0 Å². The van der Waals surface area contributed by atoms with E-state index in [1.807, 2.05) is 0 Å². The van der Waals surface area contributed by atoms with Gasteiger partial charge in [-0.2, -0.15) is 5.10 Å². The molecule has 0 aliphatic carbocycles. The number of aromatic carboxylic acids is 1. The predicted molar refractivity (Wildman–Crippen MR) is 67.7 cm³/mol. The summed E-state index contributed by atoms with van der Waals surface area (Å²) >= 11 is 0. The highest BCUT2D eigenvalue weighted by atomic mass is 16.5. The van der Waals surface area contributed by atoms with Crippen LogP contribution < -0.4 is 5.32 Å². The number of rotatable bonds is 6. The van der Waals surface area contributed by atoms with Crippen molar-refractivity contribution in [3.05, 3.63) is 29.7 Å². The number of allylic oxidation sites excluding steroid dienone is 1. The zero-order chi connectivity index (χ0) is 15.1. The Labute approximate surface area is 115 Å². The van der Waals surface area contributed by atoms with Crippen molar-refractivity contribution in [3.8, 4) is 0 Å². The second-order valence-electron chi connectivity index (χ2n) is 3.86. The van der Waals surface area contributed by atoms with Crippen LogP contribution in [0.2, 0.25) is 0 Å². The van der Waals surface area contributed by atoms with Crippen molar-refractivity contribution in [2.45, 2.75) is 20.4 Å². The molecule has 0 radical (unpaired) electrons. The third-order valence-electron chi connectivity index (χ3n) is 2.14. The molecule has 0 spiro atoms. The van der Waals surface area contributed by atoms with E-state index >= 15 is 0 Å². The normalized spacial score (nSPS) is 11.0. The molecule has 108 valence electrons. The molecule has 2 N–H and O–H groups in total. The van der Waals surface area contributed by atoms with Crippen molar-refractivity contribution in [2.24, 2.45) is 0 Å². The molecule has 20 heavy (non-hydrogen) atoms. The molecular weight excluding hydrogens is 266 g/mol. The van der Waals surface area contributed by atoms with Gasteiger partial charge in [0.1, 0.15) is 6.54 Å². The number of esters is 1. The summed E-state index contributed by atoms with van der Waals surface area (Å²) in [6.45, 7) is 3.32. The number of amides is 1. The highest BCUT2D eigenvalue weighted by molar-refractivity contribution is 5.87. The molecule has 0 atom stereocenters. The monoisotopic (exact) mass is 281 g/mol. The van der Waals surface area contributed by atoms with Crippen molar-refractivity contribution >= 4 is 17.8 Å². The summed E-state index contributed by atoms with van der Waals surface area (Å²) in [7, 11) is 0. The molecule has 0 saturated carbocycles. The zero-order valence-corrected chi connectivity index (χ0v) is 11.1. The number of carboxylic acids is 1. The van der Waals surface area contributed by atoms with Gasteiger partial charge >= 0.3 is 11.9 Å². The van der Waals surface area contributed by atoms with Crippen molar-refractivity contribution in [1.29, 1.82) is 0 Å². The lowest BCUT2D eigenvalue weighted by atomic mass is 10.4. The van der Waals surface area contributed by atoms with Gasteiger partial charge in [0.2, 0.25) is 5.91 Å². The third kappa shape index (κ3) is 4.92. The van der Waals surface area contributed by atoms with Crippen LogP contribution in [0.15, 0.2) is 24.2 Å². The maximum absolute atomic E-state index is 11.6. The Hall–Kier alpha value is -2.64. The summed E-state index contributed by atoms with van der Waals surface area (Å²) in [5, 5.41) is 14.9. The van der Waals surface area contributed by atoms with Crippen molar-refractivity contribution in [2.75, 3.05) is 6.61 Å². The highest BCUT2D eigenvalue weighted by Gasteiger charge is 2.09. The molecule has 1 aromatic heterocycles. The van der Waals surface area contributed by atoms with Crippen molar-refractivity contribution in [1.82, 2.24) is 15.1 Å². The highest BCUT2D eigenvalue weighted by Crippen LogP contribution is 1.97. The lowest BCUT2D eigenvalue weighted by Gasteiger charge is -2.05. The van der Waals surface area contributed by atoms with E-state index in [-0.39, 0.29) is 18.7 Å². The average Bonchev–Trinajstić information content (AvgIpc) is 2.77. The average molecular weight is 281 g/mol. The fraction of sp³-hybridized carbons (Fsp3) is 0.333. The SMILES string of the molecule is CCOC(=O)/C=C(\C)NC(=O)Cn1cc(C(=O)O)cn1. The standard InChI is InChI=1S/C12H15N3O5/c1-3-20-11(17)4-8(2)14-10(16)7-15-6-9(5-13-15)12(18)19/h4-6H,3,7H2,1-2H3,(H,14,16)(H,18,19)/b8-4+. The van der Waals surface area contributed by atoms with Gasteiger partial charge in [-0.3, -0.25) is 9.48 Å². The zero-order valence-electron chi connectivity index (χ0n) is 11.1. The molecule has 0 bridgehead atoms. The minimum absolute atomic E-state index is 0.00316. The predicted octanol–water partition coefficient (Wildman–Crippen LogP) is 0.164. The van der Waals surface area contributed by atoms with E-state index in [0.29, 0.717) is 5.70 Å². The molecule has 0 fully saturated rings. The van der Waals surface area contributed by atoms with Crippen LogP contribution in [0.4, 0.5) is 0 Å². The van der Waals surface area contributed by atoms with Gasteiger partial charge in [0.15, 0.2) is 0 Å². The van der Waals surface area contributed by atoms with Crippen LogP contribution in [0.1, 0.15) is 24.2 Å². The third-order valence-corrected chi connectivity index (χ3v) is 2.14. The van der Waals surface area contributed by atoms with Crippen LogP contribution in [0.3, 0.4) is 0 Å². The van der Waals surface area contributed by atoms with Crippen LogP contribution in [0.25, 0.3) is 0 Å². The van der Waals surface area contributed by atoms with Gasteiger partial charge < -0.3 is 15.2 Å². The summed E-state index contributed by atoms with van der Waals surface area (Å²) in [6.07, 6.45) is 3.55. The number of aromatic nitrogens is 2. The number of nitrogens with one attached hydrogen (secondary N) is 1. The fourth-order valence-electron chi connectivity index (χ4n) is 1.36. The molecule has 0 aromatic carbocycles. The molecule has 1 rings (SSSR count). The van der Waals surface area contributed by atoms with Gasteiger partial charge in [-0.15, -0.1) is 0 Å². The molecule has 0 saturated heterocycles. The largest absolute Gasteiger partial charge is 0.478 e. The van der Waals surface area contributed by atoms with Gasteiger partial charge in [-0.05, 0) is 13.8 Å². The quantitative estimate of drug-likeness (QED) is 0.568. The summed E-state index contributed by atoms with van der Waals surface area (Å²) in [5.41, 5.74) is 0.329. The van der Waals surface area contributed by atoms with E-state index in [4.69, 9.17) is 9.84 Å². The van der Waals surface area contributed by atoms with Gasteiger partial charge in [-0.25, -0.2) is 9.59 Å². The number of carboxylic acid groups (broad SMARTS) is 1. The van der Waals surface area contributed by atoms with Crippen LogP contribution in [0.5, 0.6) is 0 Å². The maximum Gasteiger partial charge on any atom is 0.338 e. The number of hydrogen-bond acceptors (Lipinski definition) is 5. The lowest BCUT2D eigenvalue weighted by molar-refractivity contribution is -0.137. The van der Waals surface area contributed by atoms with Gasteiger partial charge in [0, 0.05) is 18.0 Å². The van der Waals surface area contributed by atoms with Gasteiger partial charge in [0.25, 0.3) is 0 Å². The number of carbonyl (C=O) groups excluding carboxylic acids is 2. The van der Waals surface area contributed by atoms with Gasteiger partial charge in [0.05, 0.1) is 18.4 Å². The first-order valence-electron chi connectivity index (χ1n) is 5.83. The summed E-state index contributed by atoms with van der Waals surface area (Å²) < 4.78 is 5.88. The van der Waals surface area contributed by atoms with E-state index in [1.54, 1.807) is 13.8 Å². The van der Waals surface area contributed by atoms with Crippen LogP contribution >= 0.6 is 0 Å². The first-order valence-corrected chi connectivity index (χ1v) is 5.83. The topological polar surface area (TPSA) is 111 Å².